The van der Waals surface area contributed by atoms with Gasteiger partial charge in [0.25, 0.3) is 0 Å². The number of halogens is 1. The summed E-state index contributed by atoms with van der Waals surface area (Å²) in [4.78, 5) is 0.220. The number of aromatic nitrogens is 5. The number of aryl methyl sites for hydroxylation is 1. The van der Waals surface area contributed by atoms with E-state index < -0.39 is 0 Å². The molecule has 0 fully saturated rings. The summed E-state index contributed by atoms with van der Waals surface area (Å²) in [6.45, 7) is 2.03. The smallest absolute Gasteiger partial charge is 0.105 e. The van der Waals surface area contributed by atoms with Crippen LogP contribution in [0.4, 0.5) is 0 Å². The zero-order valence-corrected chi connectivity index (χ0v) is 9.51. The van der Waals surface area contributed by atoms with Gasteiger partial charge in [0.1, 0.15) is 5.69 Å². The number of alkyl halides is 1. The van der Waals surface area contributed by atoms with Gasteiger partial charge in [-0.15, -0.1) is 5.10 Å². The molecule has 0 saturated carbocycles. The predicted octanol–water partition coefficient (Wildman–Crippen LogP) is 1.46. The molecule has 0 aliphatic rings. The Balaban J connectivity index is 2.46. The maximum absolute atomic E-state index is 4.09. The van der Waals surface area contributed by atoms with Crippen LogP contribution in [0.3, 0.4) is 0 Å². The van der Waals surface area contributed by atoms with Gasteiger partial charge in [0.05, 0.1) is 29.1 Å². The molecule has 2 rings (SSSR count). The quantitative estimate of drug-likeness (QED) is 0.764. The maximum Gasteiger partial charge on any atom is 0.105 e. The van der Waals surface area contributed by atoms with Crippen molar-refractivity contribution in [2.75, 3.05) is 0 Å². The van der Waals surface area contributed by atoms with Crippen molar-refractivity contribution in [2.24, 2.45) is 7.05 Å². The Hall–Kier alpha value is -1.17. The zero-order valence-electron chi connectivity index (χ0n) is 7.92. The molecule has 0 radical (unpaired) electrons. The van der Waals surface area contributed by atoms with E-state index in [1.54, 1.807) is 21.8 Å². The van der Waals surface area contributed by atoms with Crippen LogP contribution in [0.2, 0.25) is 0 Å². The third kappa shape index (κ3) is 1.57. The highest BCUT2D eigenvalue weighted by Gasteiger charge is 2.11. The van der Waals surface area contributed by atoms with Crippen LogP contribution in [-0.4, -0.2) is 24.8 Å². The Labute approximate surface area is 89.9 Å². The topological polar surface area (TPSA) is 48.5 Å². The number of hydrogen-bond donors (Lipinski definition) is 0. The van der Waals surface area contributed by atoms with E-state index in [1.165, 1.54) is 0 Å². The normalized spacial score (nSPS) is 13.1. The molecule has 5 nitrogen and oxygen atoms in total. The van der Waals surface area contributed by atoms with Crippen molar-refractivity contribution in [1.82, 2.24) is 24.8 Å². The molecule has 1 atom stereocenters. The van der Waals surface area contributed by atoms with Crippen molar-refractivity contribution in [3.05, 3.63) is 24.3 Å². The predicted molar refractivity (Wildman–Crippen MR) is 55.5 cm³/mol. The van der Waals surface area contributed by atoms with Crippen molar-refractivity contribution < 1.29 is 0 Å². The van der Waals surface area contributed by atoms with Gasteiger partial charge in [-0.25, -0.2) is 4.68 Å². The summed E-state index contributed by atoms with van der Waals surface area (Å²) >= 11 is 3.49. The molecule has 0 bridgehead atoms. The molecule has 0 amide bonds. The summed E-state index contributed by atoms with van der Waals surface area (Å²) in [7, 11) is 1.87. The molecule has 0 aliphatic carbocycles. The molecule has 0 aromatic carbocycles. The van der Waals surface area contributed by atoms with E-state index in [-0.39, 0.29) is 4.83 Å². The standard InChI is InChI=1S/C8H10BrN5/c1-6(9)8-4-10-12-14(8)7-3-11-13(2)5-7/h3-6H,1-2H3. The lowest BCUT2D eigenvalue weighted by atomic mass is 10.3. The maximum atomic E-state index is 4.09. The molecule has 2 heterocycles. The van der Waals surface area contributed by atoms with Gasteiger partial charge in [-0.3, -0.25) is 4.68 Å². The molecule has 0 aliphatic heterocycles. The van der Waals surface area contributed by atoms with Crippen LogP contribution in [0, 0.1) is 0 Å². The minimum atomic E-state index is 0.220. The average molecular weight is 256 g/mol. The van der Waals surface area contributed by atoms with Crippen molar-refractivity contribution >= 4 is 15.9 Å². The lowest BCUT2D eigenvalue weighted by molar-refractivity contribution is 0.753. The first-order valence-corrected chi connectivity index (χ1v) is 5.13. The van der Waals surface area contributed by atoms with E-state index in [9.17, 15) is 0 Å². The first-order valence-electron chi connectivity index (χ1n) is 4.22. The van der Waals surface area contributed by atoms with Crippen LogP contribution in [0.25, 0.3) is 5.69 Å². The Morgan fingerprint density at radius 2 is 2.21 bits per heavy atom. The average Bonchev–Trinajstić information content (AvgIpc) is 2.70. The van der Waals surface area contributed by atoms with Gasteiger partial charge in [-0.05, 0) is 6.92 Å². The zero-order chi connectivity index (χ0) is 10.1. The third-order valence-corrected chi connectivity index (χ3v) is 2.39. The summed E-state index contributed by atoms with van der Waals surface area (Å²) in [6.07, 6.45) is 5.40. The summed E-state index contributed by atoms with van der Waals surface area (Å²) in [5.74, 6) is 0. The molecule has 14 heavy (non-hydrogen) atoms. The van der Waals surface area contributed by atoms with Crippen molar-refractivity contribution in [3.8, 4) is 5.69 Å². The fourth-order valence-corrected chi connectivity index (χ4v) is 1.54. The van der Waals surface area contributed by atoms with Gasteiger partial charge in [0.2, 0.25) is 0 Å². The Kier molecular flexibility index (Phi) is 2.37. The van der Waals surface area contributed by atoms with E-state index in [0.29, 0.717) is 0 Å². The van der Waals surface area contributed by atoms with Crippen molar-refractivity contribution in [3.63, 3.8) is 0 Å². The Morgan fingerprint density at radius 3 is 2.79 bits per heavy atom. The molecule has 6 heteroatoms. The lowest BCUT2D eigenvalue weighted by Gasteiger charge is -2.03. The van der Waals surface area contributed by atoms with Crippen LogP contribution < -0.4 is 0 Å². The SMILES string of the molecule is CC(Br)c1cnnn1-c1cnn(C)c1. The molecular weight excluding hydrogens is 246 g/mol. The second-order valence-electron chi connectivity index (χ2n) is 3.06. The van der Waals surface area contributed by atoms with Crippen molar-refractivity contribution in [2.45, 2.75) is 11.8 Å². The van der Waals surface area contributed by atoms with Crippen LogP contribution in [0.1, 0.15) is 17.4 Å². The number of rotatable bonds is 2. The first kappa shape index (κ1) is 9.39. The molecule has 0 spiro atoms. The van der Waals surface area contributed by atoms with Gasteiger partial charge < -0.3 is 0 Å². The number of nitrogens with zero attached hydrogens (tertiary/aromatic N) is 5. The molecule has 0 saturated heterocycles. The van der Waals surface area contributed by atoms with Gasteiger partial charge in [-0.1, -0.05) is 21.1 Å². The molecule has 74 valence electrons. The molecule has 1 unspecified atom stereocenters. The summed E-state index contributed by atoms with van der Waals surface area (Å²) < 4.78 is 3.51. The van der Waals surface area contributed by atoms with Gasteiger partial charge in [0, 0.05) is 7.05 Å². The molecule has 2 aromatic rings. The molecule has 0 N–H and O–H groups in total. The molecule has 2 aromatic heterocycles. The highest BCUT2D eigenvalue weighted by molar-refractivity contribution is 9.09. The second kappa shape index (κ2) is 3.53. The fraction of sp³-hybridized carbons (Fsp3) is 0.375. The van der Waals surface area contributed by atoms with E-state index >= 15 is 0 Å². The number of hydrogen-bond acceptors (Lipinski definition) is 3. The van der Waals surface area contributed by atoms with Gasteiger partial charge in [0.15, 0.2) is 0 Å². The minimum Gasteiger partial charge on any atom is -0.274 e. The van der Waals surface area contributed by atoms with Crippen LogP contribution in [0.15, 0.2) is 18.6 Å². The third-order valence-electron chi connectivity index (χ3n) is 1.92. The van der Waals surface area contributed by atoms with E-state index in [0.717, 1.165) is 11.4 Å². The fourth-order valence-electron chi connectivity index (χ4n) is 1.23. The highest BCUT2D eigenvalue weighted by Crippen LogP contribution is 2.22. The monoisotopic (exact) mass is 255 g/mol. The summed E-state index contributed by atoms with van der Waals surface area (Å²) in [5, 5.41) is 12.0. The first-order chi connectivity index (χ1) is 6.68. The van der Waals surface area contributed by atoms with Crippen LogP contribution in [0.5, 0.6) is 0 Å². The summed E-state index contributed by atoms with van der Waals surface area (Å²) in [5.41, 5.74) is 1.93. The Bertz CT molecular complexity index is 430. The largest absolute Gasteiger partial charge is 0.274 e. The summed E-state index contributed by atoms with van der Waals surface area (Å²) in [6, 6.07) is 0. The van der Waals surface area contributed by atoms with Gasteiger partial charge in [-0.2, -0.15) is 5.10 Å². The van der Waals surface area contributed by atoms with Crippen LogP contribution in [-0.2, 0) is 7.05 Å². The van der Waals surface area contributed by atoms with Crippen LogP contribution >= 0.6 is 15.9 Å². The lowest BCUT2D eigenvalue weighted by Crippen LogP contribution is -2.01. The molecular formula is C8H10BrN5. The highest BCUT2D eigenvalue weighted by atomic mass is 79.9. The van der Waals surface area contributed by atoms with Crippen molar-refractivity contribution in [1.29, 1.82) is 0 Å². The Morgan fingerprint density at radius 1 is 1.43 bits per heavy atom. The van der Waals surface area contributed by atoms with E-state index in [1.807, 2.05) is 20.2 Å². The van der Waals surface area contributed by atoms with E-state index in [4.69, 9.17) is 0 Å². The minimum absolute atomic E-state index is 0.220. The van der Waals surface area contributed by atoms with Gasteiger partial charge >= 0.3 is 0 Å². The second-order valence-corrected chi connectivity index (χ2v) is 4.43. The van der Waals surface area contributed by atoms with E-state index in [2.05, 4.69) is 31.3 Å².